The summed E-state index contributed by atoms with van der Waals surface area (Å²) < 4.78 is 36.8. The summed E-state index contributed by atoms with van der Waals surface area (Å²) >= 11 is 0. The summed E-state index contributed by atoms with van der Waals surface area (Å²) in [5.41, 5.74) is 0.231. The third-order valence-electron chi connectivity index (χ3n) is 3.60. The van der Waals surface area contributed by atoms with Gasteiger partial charge in [0.1, 0.15) is 0 Å². The zero-order valence-corrected chi connectivity index (χ0v) is 11.5. The van der Waals surface area contributed by atoms with Crippen LogP contribution in [-0.2, 0) is 0 Å². The van der Waals surface area contributed by atoms with Gasteiger partial charge in [0.15, 0.2) is 5.69 Å². The molecule has 2 rings (SSSR count). The second-order valence-electron chi connectivity index (χ2n) is 5.23. The smallest absolute Gasteiger partial charge is 0.351 e. The van der Waals surface area contributed by atoms with Crippen molar-refractivity contribution >= 4 is 5.91 Å². The van der Waals surface area contributed by atoms with Crippen molar-refractivity contribution in [3.05, 3.63) is 11.9 Å². The second-order valence-corrected chi connectivity index (χ2v) is 5.23. The Morgan fingerprint density at radius 2 is 2.14 bits per heavy atom. The quantitative estimate of drug-likeness (QED) is 0.857. The van der Waals surface area contributed by atoms with Gasteiger partial charge in [-0.3, -0.25) is 9.69 Å². The standard InChI is InChI=1S/C12H18F3N5O/c13-12(14,15)8-20-5-2-9(3-6-20)1-4-16-11(21)10-7-17-19-18-10/h7,9H,1-6,8H2,(H,16,21)(H,17,18,19). The number of hydrogen-bond donors (Lipinski definition) is 2. The number of aromatic nitrogens is 3. The van der Waals surface area contributed by atoms with Gasteiger partial charge >= 0.3 is 6.18 Å². The molecule has 2 N–H and O–H groups in total. The van der Waals surface area contributed by atoms with Crippen molar-refractivity contribution in [2.24, 2.45) is 5.92 Å². The Hall–Kier alpha value is -1.64. The molecular formula is C12H18F3N5O. The van der Waals surface area contributed by atoms with E-state index in [2.05, 4.69) is 20.7 Å². The average Bonchev–Trinajstić information content (AvgIpc) is 2.93. The van der Waals surface area contributed by atoms with Gasteiger partial charge in [-0.1, -0.05) is 0 Å². The van der Waals surface area contributed by atoms with E-state index in [1.807, 2.05) is 0 Å². The van der Waals surface area contributed by atoms with Gasteiger partial charge in [0.25, 0.3) is 5.91 Å². The van der Waals surface area contributed by atoms with E-state index in [0.29, 0.717) is 25.6 Å². The molecule has 118 valence electrons. The molecule has 0 bridgehead atoms. The third kappa shape index (κ3) is 5.33. The van der Waals surface area contributed by atoms with Crippen molar-refractivity contribution < 1.29 is 18.0 Å². The van der Waals surface area contributed by atoms with Crippen LogP contribution >= 0.6 is 0 Å². The Balaban J connectivity index is 1.62. The fourth-order valence-electron chi connectivity index (χ4n) is 2.48. The van der Waals surface area contributed by atoms with Gasteiger partial charge in [0.05, 0.1) is 12.7 Å². The minimum absolute atomic E-state index is 0.231. The first-order valence-electron chi connectivity index (χ1n) is 6.87. The summed E-state index contributed by atoms with van der Waals surface area (Å²) in [5, 5.41) is 12.3. The van der Waals surface area contributed by atoms with E-state index in [1.165, 1.54) is 11.1 Å². The van der Waals surface area contributed by atoms with Crippen molar-refractivity contribution in [1.29, 1.82) is 0 Å². The highest BCUT2D eigenvalue weighted by Gasteiger charge is 2.32. The van der Waals surface area contributed by atoms with Crippen LogP contribution in [0.3, 0.4) is 0 Å². The molecule has 6 nitrogen and oxygen atoms in total. The highest BCUT2D eigenvalue weighted by Crippen LogP contribution is 2.23. The predicted molar refractivity (Wildman–Crippen MR) is 68.6 cm³/mol. The first-order chi connectivity index (χ1) is 9.94. The van der Waals surface area contributed by atoms with Crippen LogP contribution in [0.2, 0.25) is 0 Å². The molecule has 1 fully saturated rings. The van der Waals surface area contributed by atoms with Crippen molar-refractivity contribution in [3.8, 4) is 0 Å². The minimum atomic E-state index is -4.13. The molecule has 1 aliphatic rings. The van der Waals surface area contributed by atoms with Crippen LogP contribution < -0.4 is 5.32 Å². The molecule has 0 aromatic carbocycles. The molecule has 0 atom stereocenters. The van der Waals surface area contributed by atoms with E-state index >= 15 is 0 Å². The number of amides is 1. The summed E-state index contributed by atoms with van der Waals surface area (Å²) in [6.07, 6.45) is -0.557. The first-order valence-corrected chi connectivity index (χ1v) is 6.87. The maximum absolute atomic E-state index is 12.3. The Kier molecular flexibility index (Phi) is 5.16. The number of halogens is 3. The molecule has 1 aliphatic heterocycles. The van der Waals surface area contributed by atoms with Crippen LogP contribution in [-0.4, -0.2) is 58.6 Å². The molecule has 1 saturated heterocycles. The molecule has 0 radical (unpaired) electrons. The highest BCUT2D eigenvalue weighted by molar-refractivity contribution is 5.91. The topological polar surface area (TPSA) is 73.9 Å². The Bertz CT molecular complexity index is 440. The van der Waals surface area contributed by atoms with Gasteiger partial charge in [-0.15, -0.1) is 0 Å². The monoisotopic (exact) mass is 305 g/mol. The summed E-state index contributed by atoms with van der Waals surface area (Å²) in [5.74, 6) is 0.0605. The lowest BCUT2D eigenvalue weighted by Crippen LogP contribution is -2.40. The van der Waals surface area contributed by atoms with E-state index in [4.69, 9.17) is 0 Å². The van der Waals surface area contributed by atoms with E-state index in [9.17, 15) is 18.0 Å². The fraction of sp³-hybridized carbons (Fsp3) is 0.750. The van der Waals surface area contributed by atoms with Crippen molar-refractivity contribution in [2.45, 2.75) is 25.4 Å². The lowest BCUT2D eigenvalue weighted by atomic mass is 9.93. The third-order valence-corrected chi connectivity index (χ3v) is 3.60. The molecule has 0 aliphatic carbocycles. The van der Waals surface area contributed by atoms with Gasteiger partial charge in [-0.2, -0.15) is 28.6 Å². The summed E-state index contributed by atoms with van der Waals surface area (Å²) in [7, 11) is 0. The zero-order valence-electron chi connectivity index (χ0n) is 11.5. The van der Waals surface area contributed by atoms with Crippen LogP contribution in [0.5, 0.6) is 0 Å². The lowest BCUT2D eigenvalue weighted by Gasteiger charge is -2.32. The van der Waals surface area contributed by atoms with Crippen LogP contribution in [0.25, 0.3) is 0 Å². The summed E-state index contributed by atoms with van der Waals surface area (Å²) in [4.78, 5) is 13.0. The van der Waals surface area contributed by atoms with Crippen LogP contribution in [0.1, 0.15) is 29.8 Å². The Morgan fingerprint density at radius 3 is 2.71 bits per heavy atom. The second kappa shape index (κ2) is 6.88. The number of nitrogens with one attached hydrogen (secondary N) is 2. The van der Waals surface area contributed by atoms with Crippen LogP contribution in [0.15, 0.2) is 6.20 Å². The SMILES string of the molecule is O=C(NCCC1CCN(CC(F)(F)F)CC1)c1cn[nH]n1. The van der Waals surface area contributed by atoms with Gasteiger partial charge < -0.3 is 5.32 Å². The molecule has 1 aromatic rings. The number of aromatic amines is 1. The number of H-pyrrole nitrogens is 1. The van der Waals surface area contributed by atoms with E-state index in [1.54, 1.807) is 0 Å². The number of hydrogen-bond acceptors (Lipinski definition) is 4. The largest absolute Gasteiger partial charge is 0.401 e. The minimum Gasteiger partial charge on any atom is -0.351 e. The molecular weight excluding hydrogens is 287 g/mol. The molecule has 1 aromatic heterocycles. The predicted octanol–water partition coefficient (Wildman–Crippen LogP) is 1.20. The van der Waals surface area contributed by atoms with E-state index < -0.39 is 12.7 Å². The van der Waals surface area contributed by atoms with Crippen molar-refractivity contribution in [3.63, 3.8) is 0 Å². The molecule has 21 heavy (non-hydrogen) atoms. The summed E-state index contributed by atoms with van der Waals surface area (Å²) in [6.45, 7) is 0.584. The molecule has 2 heterocycles. The Morgan fingerprint density at radius 1 is 1.43 bits per heavy atom. The zero-order chi connectivity index (χ0) is 15.3. The highest BCUT2D eigenvalue weighted by atomic mass is 19.4. The number of likely N-dealkylation sites (tertiary alicyclic amines) is 1. The Labute approximate surface area is 120 Å². The number of carbonyl (C=O) groups excluding carboxylic acids is 1. The normalized spacial score (nSPS) is 17.9. The van der Waals surface area contributed by atoms with Gasteiger partial charge in [-0.05, 0) is 38.3 Å². The van der Waals surface area contributed by atoms with Crippen molar-refractivity contribution in [2.75, 3.05) is 26.2 Å². The number of piperidine rings is 1. The molecule has 1 amide bonds. The van der Waals surface area contributed by atoms with Crippen LogP contribution in [0.4, 0.5) is 13.2 Å². The number of alkyl halides is 3. The molecule has 0 saturated carbocycles. The van der Waals surface area contributed by atoms with E-state index in [0.717, 1.165) is 19.3 Å². The van der Waals surface area contributed by atoms with Gasteiger partial charge in [0, 0.05) is 6.54 Å². The molecule has 9 heteroatoms. The van der Waals surface area contributed by atoms with Gasteiger partial charge in [0.2, 0.25) is 0 Å². The van der Waals surface area contributed by atoms with Crippen LogP contribution in [0, 0.1) is 5.92 Å². The van der Waals surface area contributed by atoms with Gasteiger partial charge in [-0.25, -0.2) is 0 Å². The number of carbonyl (C=O) groups is 1. The van der Waals surface area contributed by atoms with Crippen molar-refractivity contribution in [1.82, 2.24) is 25.6 Å². The first kappa shape index (κ1) is 15.7. The summed E-state index contributed by atoms with van der Waals surface area (Å²) in [6, 6.07) is 0. The maximum atomic E-state index is 12.3. The lowest BCUT2D eigenvalue weighted by molar-refractivity contribution is -0.148. The van der Waals surface area contributed by atoms with E-state index in [-0.39, 0.29) is 11.6 Å². The number of nitrogens with zero attached hydrogens (tertiary/aromatic N) is 3. The number of rotatable bonds is 5. The maximum Gasteiger partial charge on any atom is 0.401 e. The molecule has 0 spiro atoms. The fourth-order valence-corrected chi connectivity index (χ4v) is 2.48. The molecule has 0 unspecified atom stereocenters. The average molecular weight is 305 g/mol.